The number of fused-ring (bicyclic) bond motifs is 1. The lowest BCUT2D eigenvalue weighted by molar-refractivity contribution is 0.0303. The minimum Gasteiger partial charge on any atom is -0.497 e. The molecule has 1 fully saturated rings. The van der Waals surface area contributed by atoms with Crippen molar-refractivity contribution in [1.29, 1.82) is 0 Å². The number of hydrogen-bond acceptors (Lipinski definition) is 6. The molecular formula is C22H23N3O4. The molecule has 0 spiro atoms. The molecule has 0 unspecified atom stereocenters. The number of anilines is 2. The van der Waals surface area contributed by atoms with Gasteiger partial charge in [-0.1, -0.05) is 18.2 Å². The molecule has 1 N–H and O–H groups in total. The Morgan fingerprint density at radius 2 is 1.90 bits per heavy atom. The summed E-state index contributed by atoms with van der Waals surface area (Å²) in [5, 5.41) is 4.27. The van der Waals surface area contributed by atoms with Crippen LogP contribution >= 0.6 is 0 Å². The molecule has 2 heterocycles. The third-order valence-electron chi connectivity index (χ3n) is 4.97. The van der Waals surface area contributed by atoms with Crippen LogP contribution in [0.2, 0.25) is 0 Å². The maximum Gasteiger partial charge on any atom is 0.257 e. The fourth-order valence-corrected chi connectivity index (χ4v) is 3.41. The number of morpholine rings is 1. The first-order chi connectivity index (χ1) is 14.2. The number of hydrogen-bond donors (Lipinski definition) is 1. The normalized spacial score (nSPS) is 13.9. The van der Waals surface area contributed by atoms with Crippen LogP contribution in [0.5, 0.6) is 11.5 Å². The summed E-state index contributed by atoms with van der Waals surface area (Å²) in [5.74, 6) is 1.24. The number of amides is 1. The average molecular weight is 393 g/mol. The topological polar surface area (TPSA) is 72.9 Å². The average Bonchev–Trinajstić information content (AvgIpc) is 2.79. The van der Waals surface area contributed by atoms with Gasteiger partial charge in [0.2, 0.25) is 0 Å². The van der Waals surface area contributed by atoms with Crippen molar-refractivity contribution in [3.05, 3.63) is 54.2 Å². The third-order valence-corrected chi connectivity index (χ3v) is 4.97. The van der Waals surface area contributed by atoms with Gasteiger partial charge in [-0.2, -0.15) is 0 Å². The van der Waals surface area contributed by atoms with Crippen LogP contribution in [0, 0.1) is 0 Å². The molecule has 0 radical (unpaired) electrons. The van der Waals surface area contributed by atoms with Crippen molar-refractivity contribution in [2.75, 3.05) is 45.8 Å². The molecular weight excluding hydrogens is 370 g/mol. The van der Waals surface area contributed by atoms with Gasteiger partial charge in [0, 0.05) is 30.7 Å². The summed E-state index contributed by atoms with van der Waals surface area (Å²) in [4.78, 5) is 19.5. The minimum absolute atomic E-state index is 0.0680. The van der Waals surface area contributed by atoms with E-state index in [0.29, 0.717) is 49.1 Å². The van der Waals surface area contributed by atoms with Crippen LogP contribution in [0.4, 0.5) is 11.4 Å². The van der Waals surface area contributed by atoms with Gasteiger partial charge in [-0.25, -0.2) is 0 Å². The molecule has 2 aromatic carbocycles. The Hall–Kier alpha value is -3.32. The monoisotopic (exact) mass is 393 g/mol. The van der Waals surface area contributed by atoms with Gasteiger partial charge in [-0.15, -0.1) is 0 Å². The standard InChI is InChI=1S/C22H23N3O4/c1-27-15-7-8-19(20(13-15)28-2)24-21-16-5-3-4-6-18(16)23-14-17(21)22(26)25-9-11-29-12-10-25/h3-8,13-14H,9-12H2,1-2H3,(H,23,24). The van der Waals surface area contributed by atoms with Gasteiger partial charge in [0.1, 0.15) is 11.5 Å². The lowest BCUT2D eigenvalue weighted by Gasteiger charge is -2.28. The van der Waals surface area contributed by atoms with Crippen LogP contribution in [-0.2, 0) is 4.74 Å². The Morgan fingerprint density at radius 1 is 1.10 bits per heavy atom. The van der Waals surface area contributed by atoms with E-state index in [-0.39, 0.29) is 5.91 Å². The van der Waals surface area contributed by atoms with Crippen LogP contribution < -0.4 is 14.8 Å². The minimum atomic E-state index is -0.0680. The van der Waals surface area contributed by atoms with E-state index >= 15 is 0 Å². The molecule has 1 aromatic heterocycles. The van der Waals surface area contributed by atoms with E-state index in [1.54, 1.807) is 31.4 Å². The van der Waals surface area contributed by atoms with Gasteiger partial charge in [0.05, 0.1) is 49.9 Å². The first-order valence-electron chi connectivity index (χ1n) is 9.45. The second-order valence-corrected chi connectivity index (χ2v) is 6.66. The third kappa shape index (κ3) is 3.82. The van der Waals surface area contributed by atoms with Gasteiger partial charge < -0.3 is 24.4 Å². The molecule has 29 heavy (non-hydrogen) atoms. The van der Waals surface area contributed by atoms with Crippen molar-refractivity contribution < 1.29 is 19.0 Å². The summed E-state index contributed by atoms with van der Waals surface area (Å²) in [6.45, 7) is 2.22. The Balaban J connectivity index is 1.80. The van der Waals surface area contributed by atoms with Crippen LogP contribution in [0.1, 0.15) is 10.4 Å². The van der Waals surface area contributed by atoms with Crippen LogP contribution in [0.15, 0.2) is 48.7 Å². The van der Waals surface area contributed by atoms with Gasteiger partial charge in [-0.05, 0) is 18.2 Å². The zero-order chi connectivity index (χ0) is 20.2. The van der Waals surface area contributed by atoms with Crippen molar-refractivity contribution >= 4 is 28.2 Å². The lowest BCUT2D eigenvalue weighted by atomic mass is 10.1. The number of carbonyl (C=O) groups excluding carboxylic acids is 1. The van der Waals surface area contributed by atoms with E-state index in [2.05, 4.69) is 10.3 Å². The number of nitrogens with one attached hydrogen (secondary N) is 1. The maximum atomic E-state index is 13.2. The number of nitrogens with zero attached hydrogens (tertiary/aromatic N) is 2. The Morgan fingerprint density at radius 3 is 2.66 bits per heavy atom. The molecule has 7 nitrogen and oxygen atoms in total. The highest BCUT2D eigenvalue weighted by atomic mass is 16.5. The van der Waals surface area contributed by atoms with Crippen molar-refractivity contribution in [1.82, 2.24) is 9.88 Å². The van der Waals surface area contributed by atoms with Crippen LogP contribution in [-0.4, -0.2) is 56.3 Å². The zero-order valence-electron chi connectivity index (χ0n) is 16.5. The first-order valence-corrected chi connectivity index (χ1v) is 9.45. The number of para-hydroxylation sites is 1. The second-order valence-electron chi connectivity index (χ2n) is 6.66. The number of carbonyl (C=O) groups is 1. The molecule has 3 aromatic rings. The number of aromatic nitrogens is 1. The SMILES string of the molecule is COc1ccc(Nc2c(C(=O)N3CCOCC3)cnc3ccccc23)c(OC)c1. The van der Waals surface area contributed by atoms with Crippen molar-refractivity contribution in [2.24, 2.45) is 0 Å². The fraction of sp³-hybridized carbons (Fsp3) is 0.273. The molecule has 1 aliphatic rings. The van der Waals surface area contributed by atoms with Gasteiger partial charge >= 0.3 is 0 Å². The predicted molar refractivity (Wildman–Crippen MR) is 111 cm³/mol. The van der Waals surface area contributed by atoms with E-state index in [1.165, 1.54) is 0 Å². The van der Waals surface area contributed by atoms with E-state index in [1.807, 2.05) is 36.4 Å². The lowest BCUT2D eigenvalue weighted by Crippen LogP contribution is -2.41. The molecule has 0 aliphatic carbocycles. The summed E-state index contributed by atoms with van der Waals surface area (Å²) < 4.78 is 16.2. The number of benzene rings is 2. The smallest absolute Gasteiger partial charge is 0.257 e. The molecule has 1 aliphatic heterocycles. The van der Waals surface area contributed by atoms with Gasteiger partial charge in [0.15, 0.2) is 0 Å². The van der Waals surface area contributed by atoms with Crippen LogP contribution in [0.25, 0.3) is 10.9 Å². The second kappa shape index (κ2) is 8.36. The van der Waals surface area contributed by atoms with E-state index in [0.717, 1.165) is 16.6 Å². The van der Waals surface area contributed by atoms with Crippen molar-refractivity contribution in [3.8, 4) is 11.5 Å². The summed E-state index contributed by atoms with van der Waals surface area (Å²) in [5.41, 5.74) is 2.76. The molecule has 0 atom stereocenters. The molecule has 4 rings (SSSR count). The largest absolute Gasteiger partial charge is 0.497 e. The molecule has 0 bridgehead atoms. The maximum absolute atomic E-state index is 13.2. The summed E-state index contributed by atoms with van der Waals surface area (Å²) in [6.07, 6.45) is 1.64. The van der Waals surface area contributed by atoms with Crippen molar-refractivity contribution in [2.45, 2.75) is 0 Å². The van der Waals surface area contributed by atoms with Gasteiger partial charge in [-0.3, -0.25) is 9.78 Å². The molecule has 7 heteroatoms. The fourth-order valence-electron chi connectivity index (χ4n) is 3.41. The van der Waals surface area contributed by atoms with E-state index in [9.17, 15) is 4.79 Å². The van der Waals surface area contributed by atoms with Crippen LogP contribution in [0.3, 0.4) is 0 Å². The highest BCUT2D eigenvalue weighted by molar-refractivity contribution is 6.08. The Labute approximate surface area is 169 Å². The number of methoxy groups -OCH3 is 2. The zero-order valence-corrected chi connectivity index (χ0v) is 16.5. The quantitative estimate of drug-likeness (QED) is 0.716. The predicted octanol–water partition coefficient (Wildman–Crippen LogP) is 3.47. The van der Waals surface area contributed by atoms with E-state index < -0.39 is 0 Å². The first kappa shape index (κ1) is 19.0. The Bertz CT molecular complexity index is 1030. The number of rotatable bonds is 5. The molecule has 1 amide bonds. The molecule has 150 valence electrons. The molecule has 0 saturated carbocycles. The summed E-state index contributed by atoms with van der Waals surface area (Å²) in [7, 11) is 3.21. The highest BCUT2D eigenvalue weighted by Crippen LogP contribution is 2.35. The van der Waals surface area contributed by atoms with Gasteiger partial charge in [0.25, 0.3) is 5.91 Å². The molecule has 1 saturated heterocycles. The number of ether oxygens (including phenoxy) is 3. The summed E-state index contributed by atoms with van der Waals surface area (Å²) in [6, 6.07) is 13.3. The number of pyridine rings is 1. The highest BCUT2D eigenvalue weighted by Gasteiger charge is 2.23. The van der Waals surface area contributed by atoms with E-state index in [4.69, 9.17) is 14.2 Å². The van der Waals surface area contributed by atoms with Crippen molar-refractivity contribution in [3.63, 3.8) is 0 Å². The summed E-state index contributed by atoms with van der Waals surface area (Å²) >= 11 is 0. The Kier molecular flexibility index (Phi) is 5.48.